The van der Waals surface area contributed by atoms with Crippen molar-refractivity contribution < 1.29 is 37.8 Å². The van der Waals surface area contributed by atoms with Crippen LogP contribution >= 0.6 is 0 Å². The number of hydrogen-bond donors (Lipinski definition) is 3. The molecule has 2 aromatic carbocycles. The Morgan fingerprint density at radius 2 is 1.75 bits per heavy atom. The van der Waals surface area contributed by atoms with Crippen LogP contribution in [0.4, 0.5) is 13.2 Å². The second-order valence-electron chi connectivity index (χ2n) is 8.16. The van der Waals surface area contributed by atoms with Crippen molar-refractivity contribution in [2.24, 2.45) is 0 Å². The van der Waals surface area contributed by atoms with E-state index in [9.17, 15) is 43.0 Å². The highest BCUT2D eigenvalue weighted by Crippen LogP contribution is 2.46. The van der Waals surface area contributed by atoms with Gasteiger partial charge in [0.1, 0.15) is 5.41 Å². The number of halogens is 3. The average molecular weight is 498 g/mol. The first-order chi connectivity index (χ1) is 16.9. The standard InChI is InChI=1S/C26H21F3N2O5/c1-3-15-12-20(22(32)33)21(31-23(34)26(27,28)29)25(14(15)2,24(35)36)18-9-10-19(17(11-18)13-30)16-7-5-4-6-8-16/h4-12,21H,3H2,1-2H3,(H,31,34)(H,32,33)(H,35,36). The van der Waals surface area contributed by atoms with Gasteiger partial charge in [-0.15, -0.1) is 0 Å². The smallest absolute Gasteiger partial charge is 0.471 e. The summed E-state index contributed by atoms with van der Waals surface area (Å²) in [5.41, 5.74) is -1.86. The molecular weight excluding hydrogens is 477 g/mol. The molecule has 3 rings (SSSR count). The molecular formula is C26H21F3N2O5. The van der Waals surface area contributed by atoms with Gasteiger partial charge in [0.25, 0.3) is 0 Å². The summed E-state index contributed by atoms with van der Waals surface area (Å²) in [4.78, 5) is 37.0. The zero-order valence-corrected chi connectivity index (χ0v) is 19.2. The Balaban J connectivity index is 2.37. The van der Waals surface area contributed by atoms with Gasteiger partial charge < -0.3 is 15.5 Å². The minimum atomic E-state index is -5.40. The summed E-state index contributed by atoms with van der Waals surface area (Å²) in [7, 11) is 0. The molecule has 0 aromatic heterocycles. The van der Waals surface area contributed by atoms with Gasteiger partial charge in [-0.05, 0) is 53.3 Å². The summed E-state index contributed by atoms with van der Waals surface area (Å²) in [6.07, 6.45) is -4.14. The van der Waals surface area contributed by atoms with Crippen molar-refractivity contribution in [1.82, 2.24) is 5.32 Å². The molecule has 0 radical (unpaired) electrons. The van der Waals surface area contributed by atoms with E-state index in [0.29, 0.717) is 11.1 Å². The van der Waals surface area contributed by atoms with Gasteiger partial charge in [-0.25, -0.2) is 4.79 Å². The summed E-state index contributed by atoms with van der Waals surface area (Å²) in [5.74, 6) is -5.85. The zero-order valence-electron chi connectivity index (χ0n) is 19.2. The first-order valence-electron chi connectivity index (χ1n) is 10.8. The minimum absolute atomic E-state index is 0.0255. The lowest BCUT2D eigenvalue weighted by Gasteiger charge is -2.43. The van der Waals surface area contributed by atoms with Crippen molar-refractivity contribution in [2.45, 2.75) is 37.9 Å². The Bertz CT molecular complexity index is 1340. The molecule has 10 heteroatoms. The number of carbonyl (C=O) groups is 3. The van der Waals surface area contributed by atoms with Gasteiger partial charge in [0.15, 0.2) is 0 Å². The normalized spacial score (nSPS) is 19.8. The van der Waals surface area contributed by atoms with Crippen LogP contribution in [0.2, 0.25) is 0 Å². The Hall–Kier alpha value is -4.39. The van der Waals surface area contributed by atoms with Crippen LogP contribution in [-0.4, -0.2) is 40.3 Å². The highest BCUT2D eigenvalue weighted by atomic mass is 19.4. The summed E-state index contributed by atoms with van der Waals surface area (Å²) in [6.45, 7) is 3.00. The quantitative estimate of drug-likeness (QED) is 0.544. The van der Waals surface area contributed by atoms with Crippen molar-refractivity contribution in [2.75, 3.05) is 0 Å². The molecule has 3 N–H and O–H groups in total. The van der Waals surface area contributed by atoms with Crippen LogP contribution in [0.15, 0.2) is 71.3 Å². The molecule has 2 atom stereocenters. The number of amides is 1. The van der Waals surface area contributed by atoms with Gasteiger partial charge in [0.05, 0.1) is 23.2 Å². The summed E-state index contributed by atoms with van der Waals surface area (Å²) in [5, 5.41) is 31.7. The van der Waals surface area contributed by atoms with Crippen molar-refractivity contribution in [3.63, 3.8) is 0 Å². The van der Waals surface area contributed by atoms with Crippen molar-refractivity contribution in [3.05, 3.63) is 82.5 Å². The van der Waals surface area contributed by atoms with Crippen molar-refractivity contribution in [3.8, 4) is 17.2 Å². The maximum Gasteiger partial charge on any atom is 0.471 e. The van der Waals surface area contributed by atoms with E-state index in [1.54, 1.807) is 42.6 Å². The second-order valence-corrected chi connectivity index (χ2v) is 8.16. The van der Waals surface area contributed by atoms with E-state index in [2.05, 4.69) is 0 Å². The molecule has 1 amide bonds. The molecule has 7 nitrogen and oxygen atoms in total. The Morgan fingerprint density at radius 3 is 2.25 bits per heavy atom. The van der Waals surface area contributed by atoms with Crippen molar-refractivity contribution in [1.29, 1.82) is 5.26 Å². The molecule has 0 saturated carbocycles. The molecule has 1 aliphatic carbocycles. The predicted molar refractivity (Wildman–Crippen MR) is 123 cm³/mol. The summed E-state index contributed by atoms with van der Waals surface area (Å²) >= 11 is 0. The zero-order chi connectivity index (χ0) is 26.8. The molecule has 2 aromatic rings. The van der Waals surface area contributed by atoms with Gasteiger partial charge in [0.2, 0.25) is 0 Å². The molecule has 2 unspecified atom stereocenters. The molecule has 36 heavy (non-hydrogen) atoms. The van der Waals surface area contributed by atoms with E-state index >= 15 is 0 Å². The van der Waals surface area contributed by atoms with Crippen LogP contribution in [0, 0.1) is 11.3 Å². The predicted octanol–water partition coefficient (Wildman–Crippen LogP) is 4.35. The molecule has 0 heterocycles. The summed E-state index contributed by atoms with van der Waals surface area (Å²) in [6, 6.07) is 12.5. The molecule has 0 spiro atoms. The number of alkyl halides is 3. The summed E-state index contributed by atoms with van der Waals surface area (Å²) < 4.78 is 39.6. The topological polar surface area (TPSA) is 127 Å². The minimum Gasteiger partial charge on any atom is -0.480 e. The van der Waals surface area contributed by atoms with Gasteiger partial charge in [0, 0.05) is 0 Å². The second kappa shape index (κ2) is 9.70. The van der Waals surface area contributed by atoms with Gasteiger partial charge in [-0.1, -0.05) is 49.4 Å². The number of rotatable bonds is 6. The van der Waals surface area contributed by atoms with Gasteiger partial charge in [-0.2, -0.15) is 18.4 Å². The Labute approximate surface area is 204 Å². The van der Waals surface area contributed by atoms with Crippen LogP contribution in [0.5, 0.6) is 0 Å². The number of nitrogens with one attached hydrogen (secondary N) is 1. The van der Waals surface area contributed by atoms with Crippen LogP contribution in [0.3, 0.4) is 0 Å². The SMILES string of the molecule is CCC1=C(C)C(C(=O)O)(c2ccc(-c3ccccc3)c(C#N)c2)C(NC(=O)C(F)(F)F)C(C(=O)O)=C1. The molecule has 0 bridgehead atoms. The van der Waals surface area contributed by atoms with Crippen LogP contribution < -0.4 is 5.32 Å². The van der Waals surface area contributed by atoms with Crippen LogP contribution in [-0.2, 0) is 19.8 Å². The van der Waals surface area contributed by atoms with Gasteiger partial charge >= 0.3 is 24.0 Å². The largest absolute Gasteiger partial charge is 0.480 e. The maximum absolute atomic E-state index is 13.2. The number of carboxylic acid groups (broad SMARTS) is 2. The molecule has 0 saturated heterocycles. The number of carboxylic acids is 2. The molecule has 1 aliphatic rings. The molecule has 0 aliphatic heterocycles. The fraction of sp³-hybridized carbons (Fsp3) is 0.231. The number of nitrogens with zero attached hydrogens (tertiary/aromatic N) is 1. The molecule has 186 valence electrons. The van der Waals surface area contributed by atoms with E-state index in [1.807, 2.05) is 6.07 Å². The monoisotopic (exact) mass is 498 g/mol. The fourth-order valence-electron chi connectivity index (χ4n) is 4.58. The number of allylic oxidation sites excluding steroid dienone is 2. The Morgan fingerprint density at radius 1 is 1.11 bits per heavy atom. The maximum atomic E-state index is 13.2. The number of nitriles is 1. The van der Waals surface area contributed by atoms with E-state index in [1.165, 1.54) is 25.1 Å². The lowest BCUT2D eigenvalue weighted by atomic mass is 9.62. The number of aliphatic carboxylic acids is 2. The fourth-order valence-corrected chi connectivity index (χ4v) is 4.58. The third-order valence-corrected chi connectivity index (χ3v) is 6.33. The van der Waals surface area contributed by atoms with Crippen LogP contribution in [0.25, 0.3) is 11.1 Å². The lowest BCUT2D eigenvalue weighted by Crippen LogP contribution is -2.60. The lowest BCUT2D eigenvalue weighted by molar-refractivity contribution is -0.175. The number of benzene rings is 2. The Kier molecular flexibility index (Phi) is 7.06. The highest BCUT2D eigenvalue weighted by molar-refractivity contribution is 5.99. The molecule has 0 fully saturated rings. The van der Waals surface area contributed by atoms with E-state index in [4.69, 9.17) is 0 Å². The first-order valence-corrected chi connectivity index (χ1v) is 10.8. The third kappa shape index (κ3) is 4.35. The van der Waals surface area contributed by atoms with E-state index in [0.717, 1.165) is 6.08 Å². The van der Waals surface area contributed by atoms with Gasteiger partial charge in [-0.3, -0.25) is 9.59 Å². The third-order valence-electron chi connectivity index (χ3n) is 6.33. The van der Waals surface area contributed by atoms with E-state index < -0.39 is 41.1 Å². The number of hydrogen-bond acceptors (Lipinski definition) is 4. The first kappa shape index (κ1) is 26.2. The van der Waals surface area contributed by atoms with E-state index in [-0.39, 0.29) is 28.7 Å². The van der Waals surface area contributed by atoms with Crippen molar-refractivity contribution >= 4 is 17.8 Å². The highest BCUT2D eigenvalue weighted by Gasteiger charge is 2.56. The average Bonchev–Trinajstić information content (AvgIpc) is 2.83. The van der Waals surface area contributed by atoms with Crippen LogP contribution in [0.1, 0.15) is 31.4 Å². The number of carbonyl (C=O) groups excluding carboxylic acids is 1.